The van der Waals surface area contributed by atoms with E-state index in [1.807, 2.05) is 11.8 Å². The molecule has 4 aliphatic heterocycles. The van der Waals surface area contributed by atoms with E-state index in [2.05, 4.69) is 45.7 Å². The first-order chi connectivity index (χ1) is 66.6. The summed E-state index contributed by atoms with van der Waals surface area (Å²) < 4.78 is 71.9. The molecule has 4 aliphatic rings. The first-order valence-electron chi connectivity index (χ1n) is 50.3. The summed E-state index contributed by atoms with van der Waals surface area (Å²) in [6.45, 7) is 14.9. The van der Waals surface area contributed by atoms with Gasteiger partial charge in [-0.3, -0.25) is 52.7 Å². The molecule has 4 rings (SSSR count). The molecule has 0 aliphatic carbocycles. The Morgan fingerprint density at radius 3 is 1.22 bits per heavy atom. The normalized spacial score (nSPS) is 23.4. The number of nitrogens with zero attached hydrogens (tertiary/aromatic N) is 1. The Morgan fingerprint density at radius 2 is 0.806 bits per heavy atom. The van der Waals surface area contributed by atoms with Crippen molar-refractivity contribution in [3.63, 3.8) is 0 Å². The van der Waals surface area contributed by atoms with E-state index in [4.69, 9.17) is 61.0 Å². The number of ketones is 3. The second kappa shape index (κ2) is 75.7. The molecule has 4 heterocycles. The Hall–Kier alpha value is -6.02. The second-order valence-electron chi connectivity index (χ2n) is 36.8. The average molecular weight is 2030 g/mol. The number of ether oxygens (including phenoxy) is 12. The summed E-state index contributed by atoms with van der Waals surface area (Å²) in [7, 11) is 4.99. The van der Waals surface area contributed by atoms with E-state index in [-0.39, 0.29) is 142 Å². The lowest BCUT2D eigenvalue weighted by molar-refractivity contribution is -0.270. The van der Waals surface area contributed by atoms with Crippen molar-refractivity contribution in [1.82, 2.24) is 36.8 Å². The van der Waals surface area contributed by atoms with Crippen LogP contribution in [-0.4, -0.2) is 357 Å². The molecule has 15 N–H and O–H groups in total. The number of nitrogens with one attached hydrogen (secondary N) is 6. The van der Waals surface area contributed by atoms with Crippen LogP contribution in [0.25, 0.3) is 0 Å². The quantitative estimate of drug-likeness (QED) is 0.0112. The van der Waals surface area contributed by atoms with Gasteiger partial charge in [0.15, 0.2) is 18.9 Å². The van der Waals surface area contributed by atoms with E-state index in [0.717, 1.165) is 96.3 Å². The minimum Gasteiger partial charge on any atom is -0.466 e. The van der Waals surface area contributed by atoms with Gasteiger partial charge in [0.2, 0.25) is 35.4 Å². The number of aliphatic hydroxyl groups is 9. The molecule has 43 heteroatoms. The highest BCUT2D eigenvalue weighted by molar-refractivity contribution is 8.75. The number of hydrogen-bond donors (Lipinski definition) is 15. The number of esters is 2. The van der Waals surface area contributed by atoms with Gasteiger partial charge >= 0.3 is 18.0 Å². The van der Waals surface area contributed by atoms with Crippen LogP contribution in [0.4, 0.5) is 4.79 Å². The number of rotatable bonds is 78. The molecule has 17 atom stereocenters. The van der Waals surface area contributed by atoms with Crippen LogP contribution in [0.1, 0.15) is 299 Å². The first kappa shape index (κ1) is 127. The van der Waals surface area contributed by atoms with Crippen LogP contribution >= 0.6 is 21.9 Å². The maximum atomic E-state index is 13.3. The maximum Gasteiger partial charge on any atom is 0.407 e. The van der Waals surface area contributed by atoms with Gasteiger partial charge in [0.05, 0.1) is 103 Å². The zero-order valence-corrected chi connectivity index (χ0v) is 85.5. The van der Waals surface area contributed by atoms with Gasteiger partial charge in [-0.2, -0.15) is 0 Å². The van der Waals surface area contributed by atoms with Crippen LogP contribution in [0.2, 0.25) is 0 Å². The third-order valence-electron chi connectivity index (χ3n) is 24.6. The fourth-order valence-electron chi connectivity index (χ4n) is 16.6. The van der Waals surface area contributed by atoms with Crippen molar-refractivity contribution in [3.05, 3.63) is 0 Å². The monoisotopic (exact) mass is 2030 g/mol. The van der Waals surface area contributed by atoms with E-state index in [0.29, 0.717) is 168 Å². The molecule has 0 spiro atoms. The summed E-state index contributed by atoms with van der Waals surface area (Å²) in [6.07, 6.45) is 6.05. The van der Waals surface area contributed by atoms with Crippen LogP contribution in [0.5, 0.6) is 0 Å². The number of methoxy groups -OCH3 is 2. The molecule has 7 amide bonds. The average Bonchev–Trinajstić information content (AvgIpc) is 1.81. The number of likely N-dealkylation sites (tertiary alicyclic amines) is 1. The van der Waals surface area contributed by atoms with Crippen LogP contribution < -0.4 is 31.9 Å². The fourth-order valence-corrected chi connectivity index (χ4v) is 18.3. The summed E-state index contributed by atoms with van der Waals surface area (Å²) in [6, 6.07) is -3.12. The van der Waals surface area contributed by atoms with Crippen LogP contribution in [0.15, 0.2) is 0 Å². The Balaban J connectivity index is 0.00000135. The Bertz CT molecular complexity index is 3190. The lowest BCUT2D eigenvalue weighted by Gasteiger charge is -2.42. The zero-order valence-electron chi connectivity index (χ0n) is 83.9. The van der Waals surface area contributed by atoms with Gasteiger partial charge in [-0.25, -0.2) is 4.79 Å². The molecule has 0 aromatic rings. The lowest BCUT2D eigenvalue weighted by Crippen LogP contribution is -2.64. The highest BCUT2D eigenvalue weighted by Gasteiger charge is 2.49. The van der Waals surface area contributed by atoms with Gasteiger partial charge in [0.1, 0.15) is 90.4 Å². The molecular formula is C96H171N7O34S2. The molecule has 0 radical (unpaired) electrons. The molecule has 0 saturated carbocycles. The molecule has 0 aromatic heterocycles. The van der Waals surface area contributed by atoms with Crippen molar-refractivity contribution >= 4 is 92.7 Å². The number of carbonyl (C=O) groups excluding carboxylic acids is 12. The number of Topliss-reactive ketones (excluding diaryl/α,β-unsaturated/α-hetero) is 3. The molecular weight excluding hydrogens is 1860 g/mol. The standard InChI is InChI=1S/C74H130N6O28.C22H41NO6S2/c1-5-52(87)45-74(33-24-42-100-59(91)31-16-10-7-12-18-36-75-57(89)29-22-40-103-71-62(79-50(3)85)68(97)65(94)55(47-82)107-71,34-25-43-101-60(92)32-17-11-8-13-19-37-76-58(90)30-23-41-104-72-63(80-51(4)86)69(98)66(95)56(48-83)108-72)35-26-44-105-73(99)77-38-20-14-6-9-15-27-53(88)28-21-39-102-70-61(78-49(2)84)67(96)64(93)54(46-81)106-70;1-6-28-13-14-29-31-30-22(2,3)12-11-19(24)9-7-8-10-21(25)23-16-20(27-5)15-18(23)17-26-4/h54-56,61-72,81-83,93-98H,5-48H2,1-4H3,(H,75,89)(H,76,90)(H,77,99)(H,78,84)(H,79,85)(H,80,86);18,20H,6-17H2,1-5H3/t;18-,20+/m.1/s1. The van der Waals surface area contributed by atoms with E-state index in [9.17, 15) is 103 Å². The van der Waals surface area contributed by atoms with Gasteiger partial charge in [-0.15, -0.1) is 0 Å². The van der Waals surface area contributed by atoms with E-state index < -0.39 is 141 Å². The third-order valence-corrected chi connectivity index (χ3v) is 27.4. The lowest BCUT2D eigenvalue weighted by atomic mass is 9.71. The molecule has 15 unspecified atom stereocenters. The molecule has 0 bridgehead atoms. The van der Waals surface area contributed by atoms with Gasteiger partial charge in [-0.05, 0) is 148 Å². The predicted molar refractivity (Wildman–Crippen MR) is 514 cm³/mol. The number of aliphatic hydroxyl groups excluding tert-OH is 9. The molecule has 806 valence electrons. The maximum absolute atomic E-state index is 13.3. The summed E-state index contributed by atoms with van der Waals surface area (Å²) in [5.41, 5.74) is -0.572. The number of hydrogen-bond acceptors (Lipinski definition) is 36. The molecule has 139 heavy (non-hydrogen) atoms. The van der Waals surface area contributed by atoms with Gasteiger partial charge in [0.25, 0.3) is 0 Å². The summed E-state index contributed by atoms with van der Waals surface area (Å²) in [5.74, 6) is -1.98. The van der Waals surface area contributed by atoms with Gasteiger partial charge in [0, 0.05) is 143 Å². The van der Waals surface area contributed by atoms with Gasteiger partial charge < -0.3 is 144 Å². The minimum absolute atomic E-state index is 0.0358. The zero-order chi connectivity index (χ0) is 103. The van der Waals surface area contributed by atoms with E-state index in [1.54, 1.807) is 31.9 Å². The Kier molecular flexibility index (Phi) is 69.2. The number of alkyl carbamates (subject to hydrolysis) is 1. The Labute approximate surface area is 829 Å². The van der Waals surface area contributed by atoms with Crippen molar-refractivity contribution < 1.29 is 165 Å². The van der Waals surface area contributed by atoms with E-state index >= 15 is 0 Å². The predicted octanol–water partition coefficient (Wildman–Crippen LogP) is 5.83. The van der Waals surface area contributed by atoms with Crippen molar-refractivity contribution in [1.29, 1.82) is 0 Å². The third kappa shape index (κ3) is 55.8. The molecule has 4 fully saturated rings. The van der Waals surface area contributed by atoms with Crippen LogP contribution in [0, 0.1) is 5.41 Å². The van der Waals surface area contributed by atoms with E-state index in [1.165, 1.54) is 31.8 Å². The topological polar surface area (TPSA) is 582 Å². The minimum atomic E-state index is -1.44. The smallest absolute Gasteiger partial charge is 0.407 e. The summed E-state index contributed by atoms with van der Waals surface area (Å²) in [5, 5.41) is 107. The Morgan fingerprint density at radius 1 is 0.417 bits per heavy atom. The first-order valence-corrected chi connectivity index (χ1v) is 52.4. The molecule has 41 nitrogen and oxygen atoms in total. The van der Waals surface area contributed by atoms with Crippen molar-refractivity contribution in [2.24, 2.45) is 5.41 Å². The van der Waals surface area contributed by atoms with Crippen LogP contribution in [-0.2, 0) is 114 Å². The summed E-state index contributed by atoms with van der Waals surface area (Å²) >= 11 is 1.37. The van der Waals surface area contributed by atoms with Crippen molar-refractivity contribution in [3.8, 4) is 0 Å². The largest absolute Gasteiger partial charge is 0.466 e. The highest BCUT2D eigenvalue weighted by Crippen LogP contribution is 2.41. The number of amides is 7. The highest BCUT2D eigenvalue weighted by atomic mass is 33.1. The van der Waals surface area contributed by atoms with Gasteiger partial charge in [-0.1, -0.05) is 75.5 Å². The van der Waals surface area contributed by atoms with Crippen molar-refractivity contribution in [2.45, 2.75) is 408 Å². The SMILES string of the molecule is CCC(=O)CC(CCCOC(=O)CCCCCCCNC(=O)CCCOC1OC(CO)C(O)C(O)C1NC(C)=O)(CCCOC(=O)CCCCCCCNC(=O)CCCOC1OC(CO)C(O)C(O)C1NC(C)=O)CCCOC(=O)NCCCCCCCC(=O)CCCOC1OC(CO)C(O)C(O)C1NC(C)=O.CCOCCOSSC(C)(C)CCC(=O)CCCCC(=O)N1C[C@@H](OC)C[C@@H]1COC. The van der Waals surface area contributed by atoms with Crippen molar-refractivity contribution in [2.75, 3.05) is 126 Å². The fraction of sp³-hybridized carbons (Fsp3) is 0.875. The molecule has 4 saturated heterocycles. The summed E-state index contributed by atoms with van der Waals surface area (Å²) in [4.78, 5) is 151. The second-order valence-corrected chi connectivity index (χ2v) is 39.4. The van der Waals surface area contributed by atoms with Crippen LogP contribution in [0.3, 0.4) is 0 Å². The molecule has 0 aromatic carbocycles. The number of unbranched alkanes of at least 4 members (excludes halogenated alkanes) is 13. The number of carbonyl (C=O) groups is 12.